The number of nitriles is 1. The highest BCUT2D eigenvalue weighted by Crippen LogP contribution is 2.30. The van der Waals surface area contributed by atoms with Crippen molar-refractivity contribution in [2.24, 2.45) is 0 Å². The maximum absolute atomic E-state index is 12.7. The number of amides is 1. The predicted octanol–water partition coefficient (Wildman–Crippen LogP) is 3.45. The van der Waals surface area contributed by atoms with Crippen molar-refractivity contribution in [3.63, 3.8) is 0 Å². The average Bonchev–Trinajstić information content (AvgIpc) is 3.49. The second-order valence-corrected chi connectivity index (χ2v) is 6.51. The first-order chi connectivity index (χ1) is 12.6. The summed E-state index contributed by atoms with van der Waals surface area (Å²) in [5.74, 6) is 0.875. The van der Waals surface area contributed by atoms with E-state index in [9.17, 15) is 4.79 Å². The highest BCUT2D eigenvalue weighted by atomic mass is 16.5. The van der Waals surface area contributed by atoms with Gasteiger partial charge >= 0.3 is 0 Å². The van der Waals surface area contributed by atoms with Crippen molar-refractivity contribution in [1.29, 1.82) is 5.26 Å². The molecule has 26 heavy (non-hydrogen) atoms. The second-order valence-electron chi connectivity index (χ2n) is 6.51. The van der Waals surface area contributed by atoms with E-state index < -0.39 is 0 Å². The number of hydrogen-bond acceptors (Lipinski definition) is 4. The molecule has 0 heterocycles. The van der Waals surface area contributed by atoms with Gasteiger partial charge in [-0.25, -0.2) is 0 Å². The molecule has 0 radical (unpaired) electrons. The van der Waals surface area contributed by atoms with E-state index in [0.717, 1.165) is 18.4 Å². The maximum Gasteiger partial charge on any atom is 0.261 e. The molecule has 0 aliphatic heterocycles. The first kappa shape index (κ1) is 17.8. The van der Waals surface area contributed by atoms with Gasteiger partial charge in [-0.1, -0.05) is 29.8 Å². The van der Waals surface area contributed by atoms with Gasteiger partial charge < -0.3 is 14.4 Å². The van der Waals surface area contributed by atoms with Crippen LogP contribution in [0.25, 0.3) is 0 Å². The molecule has 0 unspecified atom stereocenters. The molecule has 0 bridgehead atoms. The van der Waals surface area contributed by atoms with Crippen molar-refractivity contribution in [2.75, 3.05) is 13.7 Å². The van der Waals surface area contributed by atoms with Gasteiger partial charge in [0.25, 0.3) is 5.91 Å². The van der Waals surface area contributed by atoms with Crippen LogP contribution in [0.3, 0.4) is 0 Å². The summed E-state index contributed by atoms with van der Waals surface area (Å²) >= 11 is 0. The van der Waals surface area contributed by atoms with Gasteiger partial charge in [-0.2, -0.15) is 5.26 Å². The number of carbonyl (C=O) groups excluding carboxylic acids is 1. The monoisotopic (exact) mass is 350 g/mol. The largest absolute Gasteiger partial charge is 0.493 e. The lowest BCUT2D eigenvalue weighted by Crippen LogP contribution is -2.36. The van der Waals surface area contributed by atoms with Gasteiger partial charge in [0, 0.05) is 18.7 Å². The van der Waals surface area contributed by atoms with E-state index in [2.05, 4.69) is 12.1 Å². The van der Waals surface area contributed by atoms with Gasteiger partial charge in [0.05, 0.1) is 18.7 Å². The Morgan fingerprint density at radius 3 is 2.69 bits per heavy atom. The third-order valence-corrected chi connectivity index (χ3v) is 4.39. The molecule has 0 saturated heterocycles. The van der Waals surface area contributed by atoms with Crippen LogP contribution < -0.4 is 9.47 Å². The summed E-state index contributed by atoms with van der Waals surface area (Å²) in [7, 11) is 1.51. The predicted molar refractivity (Wildman–Crippen MR) is 98.0 cm³/mol. The van der Waals surface area contributed by atoms with Crippen molar-refractivity contribution in [3.8, 4) is 17.6 Å². The molecule has 5 heteroatoms. The summed E-state index contributed by atoms with van der Waals surface area (Å²) in [4.78, 5) is 14.6. The number of ether oxygens (including phenoxy) is 2. The topological polar surface area (TPSA) is 62.6 Å². The lowest BCUT2D eigenvalue weighted by atomic mass is 10.1. The number of carbonyl (C=O) groups is 1. The molecule has 2 aromatic rings. The molecule has 1 amide bonds. The van der Waals surface area contributed by atoms with Crippen LogP contribution in [0.1, 0.15) is 29.5 Å². The third-order valence-electron chi connectivity index (χ3n) is 4.39. The van der Waals surface area contributed by atoms with Crippen LogP contribution in [0, 0.1) is 18.3 Å². The van der Waals surface area contributed by atoms with Crippen molar-refractivity contribution >= 4 is 5.91 Å². The van der Waals surface area contributed by atoms with Crippen LogP contribution >= 0.6 is 0 Å². The standard InChI is InChI=1S/C21H22N2O3/c1-15-4-3-5-17(10-15)13-23(18-7-8-18)21(24)14-26-19-9-6-16(12-22)11-20(19)25-2/h3-6,9-11,18H,7-8,13-14H2,1-2H3. The lowest BCUT2D eigenvalue weighted by molar-refractivity contribution is -0.134. The van der Waals surface area contributed by atoms with E-state index in [-0.39, 0.29) is 12.5 Å². The fourth-order valence-electron chi connectivity index (χ4n) is 2.89. The quantitative estimate of drug-likeness (QED) is 0.767. The Labute approximate surface area is 153 Å². The Kier molecular flexibility index (Phi) is 5.43. The van der Waals surface area contributed by atoms with Gasteiger partial charge in [-0.3, -0.25) is 4.79 Å². The molecular weight excluding hydrogens is 328 g/mol. The minimum absolute atomic E-state index is 0.0413. The molecule has 5 nitrogen and oxygen atoms in total. The molecule has 1 aliphatic rings. The van der Waals surface area contributed by atoms with E-state index in [4.69, 9.17) is 14.7 Å². The Bertz CT molecular complexity index is 837. The van der Waals surface area contributed by atoms with E-state index in [1.807, 2.05) is 30.0 Å². The zero-order chi connectivity index (χ0) is 18.5. The molecule has 1 fully saturated rings. The number of aryl methyl sites for hydroxylation is 1. The van der Waals surface area contributed by atoms with Gasteiger partial charge in [-0.15, -0.1) is 0 Å². The Balaban J connectivity index is 1.67. The smallest absolute Gasteiger partial charge is 0.261 e. The van der Waals surface area contributed by atoms with Crippen molar-refractivity contribution in [2.45, 2.75) is 32.4 Å². The molecular formula is C21H22N2O3. The van der Waals surface area contributed by atoms with E-state index >= 15 is 0 Å². The number of methoxy groups -OCH3 is 1. The van der Waals surface area contributed by atoms with Gasteiger partial charge in [0.1, 0.15) is 0 Å². The first-order valence-electron chi connectivity index (χ1n) is 8.66. The molecule has 0 atom stereocenters. The fourth-order valence-corrected chi connectivity index (χ4v) is 2.89. The highest BCUT2D eigenvalue weighted by Gasteiger charge is 2.32. The van der Waals surface area contributed by atoms with Crippen molar-refractivity contribution in [1.82, 2.24) is 4.90 Å². The molecule has 0 N–H and O–H groups in total. The van der Waals surface area contributed by atoms with Crippen LogP contribution in [-0.2, 0) is 11.3 Å². The molecule has 1 saturated carbocycles. The average molecular weight is 350 g/mol. The summed E-state index contributed by atoms with van der Waals surface area (Å²) in [5, 5.41) is 8.96. The van der Waals surface area contributed by atoms with Crippen molar-refractivity contribution in [3.05, 3.63) is 59.2 Å². The number of hydrogen-bond donors (Lipinski definition) is 0. The van der Waals surface area contributed by atoms with Gasteiger partial charge in [0.15, 0.2) is 18.1 Å². The Morgan fingerprint density at radius 1 is 1.23 bits per heavy atom. The molecule has 2 aromatic carbocycles. The summed E-state index contributed by atoms with van der Waals surface area (Å²) in [5.41, 5.74) is 2.80. The summed E-state index contributed by atoms with van der Waals surface area (Å²) in [6.07, 6.45) is 2.08. The minimum atomic E-state index is -0.0510. The fraction of sp³-hybridized carbons (Fsp3) is 0.333. The van der Waals surface area contributed by atoms with E-state index in [1.54, 1.807) is 18.2 Å². The van der Waals surface area contributed by atoms with E-state index in [1.165, 1.54) is 12.7 Å². The molecule has 134 valence electrons. The summed E-state index contributed by atoms with van der Waals surface area (Å²) < 4.78 is 10.9. The van der Waals surface area contributed by atoms with Crippen molar-refractivity contribution < 1.29 is 14.3 Å². The number of rotatable bonds is 7. The third kappa shape index (κ3) is 4.34. The summed E-state index contributed by atoms with van der Waals surface area (Å²) in [6, 6.07) is 15.5. The molecule has 0 aromatic heterocycles. The van der Waals surface area contributed by atoms with Crippen LogP contribution in [0.5, 0.6) is 11.5 Å². The van der Waals surface area contributed by atoms with Gasteiger partial charge in [-0.05, 0) is 37.5 Å². The highest BCUT2D eigenvalue weighted by molar-refractivity contribution is 5.78. The Morgan fingerprint density at radius 2 is 2.04 bits per heavy atom. The minimum Gasteiger partial charge on any atom is -0.493 e. The zero-order valence-electron chi connectivity index (χ0n) is 15.1. The normalized spacial score (nSPS) is 13.0. The molecule has 0 spiro atoms. The lowest BCUT2D eigenvalue weighted by Gasteiger charge is -2.23. The van der Waals surface area contributed by atoms with E-state index in [0.29, 0.717) is 29.6 Å². The maximum atomic E-state index is 12.7. The summed E-state index contributed by atoms with van der Waals surface area (Å²) in [6.45, 7) is 2.59. The SMILES string of the molecule is COc1cc(C#N)ccc1OCC(=O)N(Cc1cccc(C)c1)C1CC1. The molecule has 1 aliphatic carbocycles. The molecule has 3 rings (SSSR count). The first-order valence-corrected chi connectivity index (χ1v) is 8.66. The van der Waals surface area contributed by atoms with Crippen LogP contribution in [-0.4, -0.2) is 30.6 Å². The zero-order valence-corrected chi connectivity index (χ0v) is 15.1. The van der Waals surface area contributed by atoms with Gasteiger partial charge in [0.2, 0.25) is 0 Å². The van der Waals surface area contributed by atoms with Crippen LogP contribution in [0.15, 0.2) is 42.5 Å². The number of nitrogens with zero attached hydrogens (tertiary/aromatic N) is 2. The van der Waals surface area contributed by atoms with Crippen LogP contribution in [0.4, 0.5) is 0 Å². The number of benzene rings is 2. The Hall–Kier alpha value is -3.00. The second kappa shape index (κ2) is 7.92. The van der Waals surface area contributed by atoms with Crippen LogP contribution in [0.2, 0.25) is 0 Å².